The second kappa shape index (κ2) is 13.8. The number of benzene rings is 2. The van der Waals surface area contributed by atoms with Gasteiger partial charge in [0, 0.05) is 54.6 Å². The van der Waals surface area contributed by atoms with Crippen LogP contribution in [0.2, 0.25) is 0 Å². The van der Waals surface area contributed by atoms with Gasteiger partial charge in [0.05, 0.1) is 24.2 Å². The van der Waals surface area contributed by atoms with Crippen LogP contribution in [0.4, 0.5) is 17.1 Å². The molecular weight excluding hydrogens is 548 g/mol. The third kappa shape index (κ3) is 6.74. The smallest absolute Gasteiger partial charge is 0.278 e. The Morgan fingerprint density at radius 3 is 2.25 bits per heavy atom. The zero-order valence-electron chi connectivity index (χ0n) is 28.4. The summed E-state index contributed by atoms with van der Waals surface area (Å²) in [6.07, 6.45) is 4.53. The molecule has 0 saturated carbocycles. The number of hydrogen-bond donors (Lipinski definition) is 0. The first-order valence-corrected chi connectivity index (χ1v) is 16.0. The Morgan fingerprint density at radius 2 is 1.64 bits per heavy atom. The lowest BCUT2D eigenvalue weighted by Crippen LogP contribution is -2.28. The number of rotatable bonds is 12. The first-order chi connectivity index (χ1) is 20.9. The van der Waals surface area contributed by atoms with Crippen molar-refractivity contribution in [3.8, 4) is 17.0 Å². The number of aryl methyl sites for hydroxylation is 1. The quantitative estimate of drug-likeness (QED) is 0.213. The van der Waals surface area contributed by atoms with E-state index in [1.54, 1.807) is 7.11 Å². The molecule has 1 aliphatic heterocycles. The zero-order chi connectivity index (χ0) is 32.2. The van der Waals surface area contributed by atoms with Gasteiger partial charge in [-0.3, -0.25) is 4.79 Å². The van der Waals surface area contributed by atoms with Crippen molar-refractivity contribution < 1.29 is 4.74 Å². The summed E-state index contributed by atoms with van der Waals surface area (Å²) in [5.74, 6) is 1.12. The van der Waals surface area contributed by atoms with Crippen LogP contribution in [0.1, 0.15) is 84.2 Å². The number of unbranched alkanes of at least 4 members (excludes halogenated alkanes) is 2. The van der Waals surface area contributed by atoms with Gasteiger partial charge in [-0.2, -0.15) is 9.78 Å². The summed E-state index contributed by atoms with van der Waals surface area (Å²) in [4.78, 5) is 28.8. The van der Waals surface area contributed by atoms with Gasteiger partial charge in [0.2, 0.25) is 0 Å². The van der Waals surface area contributed by atoms with Crippen LogP contribution in [0.25, 0.3) is 11.3 Å². The van der Waals surface area contributed by atoms with Crippen molar-refractivity contribution in [2.24, 2.45) is 15.5 Å². The van der Waals surface area contributed by atoms with Crippen molar-refractivity contribution in [1.82, 2.24) is 9.66 Å². The van der Waals surface area contributed by atoms with Crippen molar-refractivity contribution in [3.63, 3.8) is 0 Å². The van der Waals surface area contributed by atoms with Gasteiger partial charge in [-0.15, -0.1) is 0 Å². The van der Waals surface area contributed by atoms with Gasteiger partial charge < -0.3 is 14.5 Å². The van der Waals surface area contributed by atoms with Gasteiger partial charge in [0.15, 0.2) is 5.82 Å². The van der Waals surface area contributed by atoms with Gasteiger partial charge in [0.1, 0.15) is 11.5 Å². The topological polar surface area (TPSA) is 75.3 Å². The van der Waals surface area contributed by atoms with Crippen LogP contribution in [-0.4, -0.2) is 54.9 Å². The van der Waals surface area contributed by atoms with Crippen LogP contribution in [0.15, 0.2) is 51.3 Å². The maximum Gasteiger partial charge on any atom is 0.278 e. The Balaban J connectivity index is 1.88. The Bertz CT molecular complexity index is 1610. The van der Waals surface area contributed by atoms with Gasteiger partial charge in [0.25, 0.3) is 5.56 Å². The Morgan fingerprint density at radius 1 is 0.955 bits per heavy atom. The number of aliphatic imine (C=N–C) groups is 1. The molecule has 0 fully saturated rings. The SMILES string of the molecule is CCCCN(C)c1ccc(OC)c(-c2nc3n(c(=O)c2C)N=C(C(C)(C)C)C3=Nc2ccc(N(CC)CCCC)cc2C)c1. The van der Waals surface area contributed by atoms with E-state index in [-0.39, 0.29) is 11.0 Å². The van der Waals surface area contributed by atoms with Crippen molar-refractivity contribution in [1.29, 1.82) is 0 Å². The third-order valence-electron chi connectivity index (χ3n) is 8.30. The lowest BCUT2D eigenvalue weighted by Gasteiger charge is -2.24. The molecule has 1 aliphatic rings. The Kier molecular flexibility index (Phi) is 10.3. The molecule has 3 aromatic rings. The molecule has 4 rings (SSSR count). The molecule has 0 radical (unpaired) electrons. The van der Waals surface area contributed by atoms with Gasteiger partial charge in [-0.1, -0.05) is 47.5 Å². The first kappa shape index (κ1) is 33.0. The first-order valence-electron chi connectivity index (χ1n) is 16.0. The molecule has 0 bridgehead atoms. The molecule has 236 valence electrons. The van der Waals surface area contributed by atoms with Crippen LogP contribution >= 0.6 is 0 Å². The van der Waals surface area contributed by atoms with Gasteiger partial charge in [-0.05, 0) is 75.6 Å². The van der Waals surface area contributed by atoms with Crippen molar-refractivity contribution >= 4 is 28.5 Å². The summed E-state index contributed by atoms with van der Waals surface area (Å²) < 4.78 is 7.20. The molecule has 2 aromatic carbocycles. The molecule has 0 amide bonds. The van der Waals surface area contributed by atoms with Crippen LogP contribution < -0.4 is 20.1 Å². The number of ether oxygens (including phenoxy) is 1. The predicted octanol–water partition coefficient (Wildman–Crippen LogP) is 7.78. The van der Waals surface area contributed by atoms with Gasteiger partial charge >= 0.3 is 0 Å². The minimum atomic E-state index is -0.361. The minimum Gasteiger partial charge on any atom is -0.496 e. The molecule has 0 atom stereocenters. The number of aromatic nitrogens is 2. The minimum absolute atomic E-state index is 0.203. The number of anilines is 2. The molecule has 1 aromatic heterocycles. The van der Waals surface area contributed by atoms with E-state index in [0.717, 1.165) is 73.5 Å². The maximum absolute atomic E-state index is 13.9. The third-order valence-corrected chi connectivity index (χ3v) is 8.30. The second-order valence-corrected chi connectivity index (χ2v) is 12.7. The standard InChI is InChI=1S/C36H50N6O2/c1-11-14-20-40(9)26-17-19-30(44-10)28(23-26)31-25(5)35(43)42-34(38-31)32(33(39-42)36(6,7)8)37-29-18-16-27(22-24(29)4)41(13-3)21-15-12-2/h16-19,22-23H,11-15,20-21H2,1-10H3. The van der Waals surface area contributed by atoms with E-state index in [1.807, 2.05) is 13.0 Å². The number of methoxy groups -OCH3 is 1. The van der Waals surface area contributed by atoms with E-state index < -0.39 is 0 Å². The van der Waals surface area contributed by atoms with E-state index in [1.165, 1.54) is 10.4 Å². The number of fused-ring (bicyclic) bond motifs is 1. The fourth-order valence-corrected chi connectivity index (χ4v) is 5.51. The zero-order valence-corrected chi connectivity index (χ0v) is 28.4. The summed E-state index contributed by atoms with van der Waals surface area (Å²) in [6.45, 7) is 19.7. The van der Waals surface area contributed by atoms with Crippen LogP contribution in [0.5, 0.6) is 5.75 Å². The summed E-state index contributed by atoms with van der Waals surface area (Å²) in [5, 5.41) is 4.82. The van der Waals surface area contributed by atoms with Gasteiger partial charge in [-0.25, -0.2) is 9.98 Å². The van der Waals surface area contributed by atoms with Crippen molar-refractivity contribution in [2.45, 2.75) is 81.1 Å². The predicted molar refractivity (Wildman–Crippen MR) is 186 cm³/mol. The highest BCUT2D eigenvalue weighted by molar-refractivity contribution is 6.50. The van der Waals surface area contributed by atoms with E-state index in [4.69, 9.17) is 19.8 Å². The lowest BCUT2D eigenvalue weighted by molar-refractivity contribution is 0.416. The van der Waals surface area contributed by atoms with Crippen LogP contribution in [0, 0.1) is 19.3 Å². The van der Waals surface area contributed by atoms with E-state index >= 15 is 0 Å². The second-order valence-electron chi connectivity index (χ2n) is 12.7. The highest BCUT2D eigenvalue weighted by atomic mass is 16.5. The summed E-state index contributed by atoms with van der Waals surface area (Å²) >= 11 is 0. The van der Waals surface area contributed by atoms with Crippen molar-refractivity contribution in [3.05, 3.63) is 63.7 Å². The molecule has 2 heterocycles. The summed E-state index contributed by atoms with van der Waals surface area (Å²) in [6, 6.07) is 12.5. The normalized spacial score (nSPS) is 13.7. The molecule has 44 heavy (non-hydrogen) atoms. The molecule has 0 N–H and O–H groups in total. The fourth-order valence-electron chi connectivity index (χ4n) is 5.51. The van der Waals surface area contributed by atoms with Crippen molar-refractivity contribution in [2.75, 3.05) is 43.6 Å². The monoisotopic (exact) mass is 598 g/mol. The molecule has 0 saturated heterocycles. The molecular formula is C36H50N6O2. The average molecular weight is 599 g/mol. The van der Waals surface area contributed by atoms with E-state index in [2.05, 4.69) is 95.6 Å². The maximum atomic E-state index is 13.9. The Hall–Kier alpha value is -3.94. The van der Waals surface area contributed by atoms with Crippen LogP contribution in [-0.2, 0) is 0 Å². The molecule has 0 aliphatic carbocycles. The average Bonchev–Trinajstić information content (AvgIpc) is 3.37. The molecule has 8 heteroatoms. The fraction of sp³-hybridized carbons (Fsp3) is 0.500. The largest absolute Gasteiger partial charge is 0.496 e. The highest BCUT2D eigenvalue weighted by Gasteiger charge is 2.35. The van der Waals surface area contributed by atoms with E-state index in [0.29, 0.717) is 28.5 Å². The molecule has 0 spiro atoms. The lowest BCUT2D eigenvalue weighted by atomic mass is 9.87. The van der Waals surface area contributed by atoms with E-state index in [9.17, 15) is 4.79 Å². The highest BCUT2D eigenvalue weighted by Crippen LogP contribution is 2.36. The number of hydrogen-bond acceptors (Lipinski definition) is 7. The van der Waals surface area contributed by atoms with Crippen LogP contribution in [0.3, 0.4) is 0 Å². The summed E-state index contributed by atoms with van der Waals surface area (Å²) in [7, 11) is 3.74. The molecule has 0 unspecified atom stereocenters. The number of nitrogens with zero attached hydrogens (tertiary/aromatic N) is 6. The summed E-state index contributed by atoms with van der Waals surface area (Å²) in [5.41, 5.74) is 6.83. The Labute approximate surface area is 263 Å². The molecule has 8 nitrogen and oxygen atoms in total.